The van der Waals surface area contributed by atoms with Crippen LogP contribution in [-0.4, -0.2) is 31.0 Å². The van der Waals surface area contributed by atoms with Crippen molar-refractivity contribution in [1.29, 1.82) is 0 Å². The summed E-state index contributed by atoms with van der Waals surface area (Å²) in [6.45, 7) is 2.12. The van der Waals surface area contributed by atoms with Crippen molar-refractivity contribution in [2.75, 3.05) is 20.8 Å². The second kappa shape index (κ2) is 5.71. The molecule has 1 aromatic carbocycles. The molecule has 0 bridgehead atoms. The first-order valence-corrected chi connectivity index (χ1v) is 5.91. The van der Waals surface area contributed by atoms with E-state index in [9.17, 15) is 0 Å². The molecular weight excluding hydrogens is 246 g/mol. The fraction of sp³-hybridized carbons (Fsp3) is 0.385. The lowest BCUT2D eigenvalue weighted by atomic mass is 9.99. The zero-order chi connectivity index (χ0) is 13.8. The van der Waals surface area contributed by atoms with Gasteiger partial charge >= 0.3 is 0 Å². The fourth-order valence-electron chi connectivity index (χ4n) is 1.90. The Morgan fingerprint density at radius 1 is 1.21 bits per heavy atom. The van der Waals surface area contributed by atoms with Crippen molar-refractivity contribution in [2.24, 2.45) is 5.73 Å². The van der Waals surface area contributed by atoms with Crippen molar-refractivity contribution in [3.05, 3.63) is 35.5 Å². The predicted molar refractivity (Wildman–Crippen MR) is 69.5 cm³/mol. The van der Waals surface area contributed by atoms with Gasteiger partial charge in [0.25, 0.3) is 0 Å². The molecule has 0 fully saturated rings. The van der Waals surface area contributed by atoms with Crippen molar-refractivity contribution in [2.45, 2.75) is 12.8 Å². The van der Waals surface area contributed by atoms with Crippen LogP contribution in [0.4, 0.5) is 0 Å². The Hall–Kier alpha value is -2.08. The van der Waals surface area contributed by atoms with Gasteiger partial charge in [-0.1, -0.05) is 6.07 Å². The smallest absolute Gasteiger partial charge is 0.225 e. The number of rotatable bonds is 5. The summed E-state index contributed by atoms with van der Waals surface area (Å²) in [6.07, 6.45) is 0. The Balaban J connectivity index is 2.38. The molecule has 19 heavy (non-hydrogen) atoms. The van der Waals surface area contributed by atoms with Gasteiger partial charge in [-0.15, -0.1) is 10.2 Å². The van der Waals surface area contributed by atoms with Crippen LogP contribution in [0.1, 0.15) is 23.3 Å². The predicted octanol–water partition coefficient (Wildman–Crippen LogP) is 1.49. The van der Waals surface area contributed by atoms with Gasteiger partial charge in [0.2, 0.25) is 11.8 Å². The van der Waals surface area contributed by atoms with E-state index in [1.165, 1.54) is 0 Å². The lowest BCUT2D eigenvalue weighted by Gasteiger charge is -2.14. The average Bonchev–Trinajstić information content (AvgIpc) is 2.86. The molecule has 1 unspecified atom stereocenters. The largest absolute Gasteiger partial charge is 0.493 e. The summed E-state index contributed by atoms with van der Waals surface area (Å²) in [5, 5.41) is 7.85. The molecule has 6 nitrogen and oxygen atoms in total. The van der Waals surface area contributed by atoms with Crippen molar-refractivity contribution in [3.8, 4) is 11.5 Å². The Morgan fingerprint density at radius 2 is 1.95 bits per heavy atom. The minimum absolute atomic E-state index is 0.152. The fourth-order valence-corrected chi connectivity index (χ4v) is 1.90. The van der Waals surface area contributed by atoms with E-state index in [-0.39, 0.29) is 5.92 Å². The molecular formula is C13H17N3O3. The standard InChI is InChI=1S/C13H17N3O3/c1-8-15-16-13(19-8)10(7-14)9-4-5-11(17-2)12(6-9)18-3/h4-6,10H,7,14H2,1-3H3. The molecule has 2 aromatic rings. The molecule has 0 aliphatic rings. The van der Waals surface area contributed by atoms with Crippen LogP contribution >= 0.6 is 0 Å². The van der Waals surface area contributed by atoms with E-state index in [4.69, 9.17) is 19.6 Å². The zero-order valence-corrected chi connectivity index (χ0v) is 11.2. The maximum absolute atomic E-state index is 5.81. The number of aryl methyl sites for hydroxylation is 1. The molecule has 1 heterocycles. The van der Waals surface area contributed by atoms with Gasteiger partial charge in [-0.05, 0) is 17.7 Å². The third-order valence-corrected chi connectivity index (χ3v) is 2.89. The van der Waals surface area contributed by atoms with Crippen molar-refractivity contribution >= 4 is 0 Å². The molecule has 6 heteroatoms. The first kappa shape index (κ1) is 13.4. The first-order valence-electron chi connectivity index (χ1n) is 5.91. The van der Waals surface area contributed by atoms with Crippen LogP contribution in [0.25, 0.3) is 0 Å². The van der Waals surface area contributed by atoms with Crippen molar-refractivity contribution in [3.63, 3.8) is 0 Å². The van der Waals surface area contributed by atoms with E-state index in [2.05, 4.69) is 10.2 Å². The minimum atomic E-state index is -0.152. The highest BCUT2D eigenvalue weighted by atomic mass is 16.5. The summed E-state index contributed by atoms with van der Waals surface area (Å²) in [4.78, 5) is 0. The SMILES string of the molecule is COc1ccc(C(CN)c2nnc(C)o2)cc1OC. The third kappa shape index (κ3) is 2.68. The number of nitrogens with two attached hydrogens (primary N) is 1. The molecule has 0 spiro atoms. The Kier molecular flexibility index (Phi) is 4.01. The zero-order valence-electron chi connectivity index (χ0n) is 11.2. The van der Waals surface area contributed by atoms with E-state index >= 15 is 0 Å². The molecule has 1 atom stereocenters. The second-order valence-corrected chi connectivity index (χ2v) is 4.06. The molecule has 0 radical (unpaired) electrons. The molecule has 0 aliphatic heterocycles. The van der Waals surface area contributed by atoms with E-state index in [0.717, 1.165) is 5.56 Å². The summed E-state index contributed by atoms with van der Waals surface area (Å²) in [7, 11) is 3.19. The van der Waals surface area contributed by atoms with Gasteiger partial charge in [0.05, 0.1) is 20.1 Å². The molecule has 0 saturated heterocycles. The Bertz CT molecular complexity index is 554. The molecule has 102 valence electrons. The number of hydrogen-bond acceptors (Lipinski definition) is 6. The van der Waals surface area contributed by atoms with E-state index < -0.39 is 0 Å². The minimum Gasteiger partial charge on any atom is -0.493 e. The van der Waals surface area contributed by atoms with Crippen LogP contribution < -0.4 is 15.2 Å². The van der Waals surface area contributed by atoms with Crippen LogP contribution in [-0.2, 0) is 0 Å². The average molecular weight is 263 g/mol. The van der Waals surface area contributed by atoms with Gasteiger partial charge in [0, 0.05) is 13.5 Å². The normalized spacial score (nSPS) is 12.2. The molecule has 2 rings (SSSR count). The molecule has 0 amide bonds. The topological polar surface area (TPSA) is 83.4 Å². The maximum atomic E-state index is 5.81. The van der Waals surface area contributed by atoms with Gasteiger partial charge in [0.15, 0.2) is 11.5 Å². The lowest BCUT2D eigenvalue weighted by Crippen LogP contribution is -2.14. The van der Waals surface area contributed by atoms with Gasteiger partial charge in [-0.25, -0.2) is 0 Å². The summed E-state index contributed by atoms with van der Waals surface area (Å²) >= 11 is 0. The maximum Gasteiger partial charge on any atom is 0.225 e. The Morgan fingerprint density at radius 3 is 2.47 bits per heavy atom. The molecule has 2 N–H and O–H groups in total. The Labute approximate surface area is 111 Å². The van der Waals surface area contributed by atoms with E-state index in [0.29, 0.717) is 29.8 Å². The van der Waals surface area contributed by atoms with E-state index in [1.54, 1.807) is 21.1 Å². The highest BCUT2D eigenvalue weighted by Gasteiger charge is 2.20. The monoisotopic (exact) mass is 263 g/mol. The van der Waals surface area contributed by atoms with Gasteiger partial charge < -0.3 is 19.6 Å². The molecule has 1 aromatic heterocycles. The van der Waals surface area contributed by atoms with Crippen LogP contribution in [0.5, 0.6) is 11.5 Å². The van der Waals surface area contributed by atoms with Crippen molar-refractivity contribution < 1.29 is 13.9 Å². The van der Waals surface area contributed by atoms with Crippen molar-refractivity contribution in [1.82, 2.24) is 10.2 Å². The lowest BCUT2D eigenvalue weighted by molar-refractivity contribution is 0.354. The van der Waals surface area contributed by atoms with Crippen LogP contribution in [0.3, 0.4) is 0 Å². The van der Waals surface area contributed by atoms with Crippen LogP contribution in [0.15, 0.2) is 22.6 Å². The third-order valence-electron chi connectivity index (χ3n) is 2.89. The highest BCUT2D eigenvalue weighted by molar-refractivity contribution is 5.44. The van der Waals surface area contributed by atoms with Crippen LogP contribution in [0, 0.1) is 6.92 Å². The number of methoxy groups -OCH3 is 2. The number of nitrogens with zero attached hydrogens (tertiary/aromatic N) is 2. The summed E-state index contributed by atoms with van der Waals surface area (Å²) in [5.74, 6) is 2.19. The molecule has 0 saturated carbocycles. The van der Waals surface area contributed by atoms with E-state index in [1.807, 2.05) is 18.2 Å². The second-order valence-electron chi connectivity index (χ2n) is 4.06. The van der Waals surface area contributed by atoms with Gasteiger partial charge in [0.1, 0.15) is 0 Å². The summed E-state index contributed by atoms with van der Waals surface area (Å²) in [6, 6.07) is 5.62. The van der Waals surface area contributed by atoms with Crippen LogP contribution in [0.2, 0.25) is 0 Å². The van der Waals surface area contributed by atoms with Gasteiger partial charge in [-0.2, -0.15) is 0 Å². The number of hydrogen-bond donors (Lipinski definition) is 1. The summed E-state index contributed by atoms with van der Waals surface area (Å²) in [5.41, 5.74) is 6.76. The van der Waals surface area contributed by atoms with Gasteiger partial charge in [-0.3, -0.25) is 0 Å². The quantitative estimate of drug-likeness (QED) is 0.879. The summed E-state index contributed by atoms with van der Waals surface area (Å²) < 4.78 is 15.9. The number of benzene rings is 1. The number of ether oxygens (including phenoxy) is 2. The highest BCUT2D eigenvalue weighted by Crippen LogP contribution is 2.32. The molecule has 0 aliphatic carbocycles. The number of aromatic nitrogens is 2. The first-order chi connectivity index (χ1) is 9.19.